The lowest BCUT2D eigenvalue weighted by molar-refractivity contribution is 0.251. The lowest BCUT2D eigenvalue weighted by atomic mass is 10.2. The van der Waals surface area contributed by atoms with Gasteiger partial charge in [0.1, 0.15) is 0 Å². The molecule has 0 unspecified atom stereocenters. The SMILES string of the molecule is CC(C)c1cnc(NC(=O)NCc2ccccc2Cl)s1. The van der Waals surface area contributed by atoms with Gasteiger partial charge in [-0.05, 0) is 17.5 Å². The van der Waals surface area contributed by atoms with E-state index in [9.17, 15) is 4.79 Å². The van der Waals surface area contributed by atoms with E-state index in [1.165, 1.54) is 11.3 Å². The summed E-state index contributed by atoms with van der Waals surface area (Å²) in [5, 5.41) is 6.73. The molecule has 0 aliphatic heterocycles. The minimum absolute atomic E-state index is 0.283. The fourth-order valence-corrected chi connectivity index (χ4v) is 2.59. The maximum atomic E-state index is 11.8. The van der Waals surface area contributed by atoms with Gasteiger partial charge in [-0.2, -0.15) is 0 Å². The van der Waals surface area contributed by atoms with Crippen LogP contribution in [0.5, 0.6) is 0 Å². The fourth-order valence-electron chi connectivity index (χ4n) is 1.57. The zero-order valence-corrected chi connectivity index (χ0v) is 12.9. The first kappa shape index (κ1) is 14.8. The number of urea groups is 1. The molecule has 4 nitrogen and oxygen atoms in total. The molecular formula is C14H16ClN3OS. The Balaban J connectivity index is 1.88. The highest BCUT2D eigenvalue weighted by Gasteiger charge is 2.08. The van der Waals surface area contributed by atoms with Gasteiger partial charge in [0.25, 0.3) is 0 Å². The Labute approximate surface area is 127 Å². The van der Waals surface area contributed by atoms with E-state index in [1.807, 2.05) is 18.2 Å². The number of benzene rings is 1. The minimum atomic E-state index is -0.283. The van der Waals surface area contributed by atoms with Gasteiger partial charge >= 0.3 is 6.03 Å². The van der Waals surface area contributed by atoms with E-state index in [0.717, 1.165) is 10.4 Å². The molecule has 0 saturated heterocycles. The number of halogens is 1. The van der Waals surface area contributed by atoms with Crippen LogP contribution in [0.2, 0.25) is 5.02 Å². The molecule has 2 aromatic rings. The summed E-state index contributed by atoms with van der Waals surface area (Å²) < 4.78 is 0. The zero-order valence-electron chi connectivity index (χ0n) is 11.3. The standard InChI is InChI=1S/C14H16ClN3OS/c1-9(2)12-8-17-14(20-12)18-13(19)16-7-10-5-3-4-6-11(10)15/h3-6,8-9H,7H2,1-2H3,(H2,16,17,18,19). The molecule has 0 radical (unpaired) electrons. The number of hydrogen-bond donors (Lipinski definition) is 2. The lowest BCUT2D eigenvalue weighted by Crippen LogP contribution is -2.28. The van der Waals surface area contributed by atoms with Crippen LogP contribution in [-0.2, 0) is 6.54 Å². The van der Waals surface area contributed by atoms with Crippen molar-refractivity contribution in [3.63, 3.8) is 0 Å². The minimum Gasteiger partial charge on any atom is -0.334 e. The zero-order chi connectivity index (χ0) is 14.5. The van der Waals surface area contributed by atoms with Crippen LogP contribution in [0.4, 0.5) is 9.93 Å². The molecule has 1 aromatic carbocycles. The Morgan fingerprint density at radius 3 is 2.80 bits per heavy atom. The molecule has 6 heteroatoms. The van der Waals surface area contributed by atoms with Gasteiger partial charge < -0.3 is 5.32 Å². The van der Waals surface area contributed by atoms with Crippen molar-refractivity contribution in [1.29, 1.82) is 0 Å². The summed E-state index contributed by atoms with van der Waals surface area (Å²) >= 11 is 7.51. The topological polar surface area (TPSA) is 54.0 Å². The summed E-state index contributed by atoms with van der Waals surface area (Å²) in [6.07, 6.45) is 1.79. The number of aromatic nitrogens is 1. The Bertz CT molecular complexity index is 598. The normalized spacial score (nSPS) is 10.6. The largest absolute Gasteiger partial charge is 0.334 e. The maximum absolute atomic E-state index is 11.8. The number of anilines is 1. The molecule has 2 rings (SSSR count). The van der Waals surface area contributed by atoms with E-state index in [4.69, 9.17) is 11.6 Å². The van der Waals surface area contributed by atoms with E-state index in [2.05, 4.69) is 29.5 Å². The summed E-state index contributed by atoms with van der Waals surface area (Å²) in [5.74, 6) is 0.411. The van der Waals surface area contributed by atoms with Crippen LogP contribution in [0.3, 0.4) is 0 Å². The molecule has 106 valence electrons. The van der Waals surface area contributed by atoms with Crippen LogP contribution in [-0.4, -0.2) is 11.0 Å². The van der Waals surface area contributed by atoms with Gasteiger partial charge in [-0.3, -0.25) is 5.32 Å². The highest BCUT2D eigenvalue weighted by atomic mass is 35.5. The average molecular weight is 310 g/mol. The molecule has 1 heterocycles. The van der Waals surface area contributed by atoms with Crippen LogP contribution in [0.25, 0.3) is 0 Å². The summed E-state index contributed by atoms with van der Waals surface area (Å²) in [4.78, 5) is 17.1. The van der Waals surface area contributed by atoms with Gasteiger partial charge in [0.2, 0.25) is 0 Å². The summed E-state index contributed by atoms with van der Waals surface area (Å²) in [6.45, 7) is 4.57. The van der Waals surface area contributed by atoms with Crippen molar-refractivity contribution in [1.82, 2.24) is 10.3 Å². The third kappa shape index (κ3) is 3.95. The lowest BCUT2D eigenvalue weighted by Gasteiger charge is -2.06. The number of hydrogen-bond acceptors (Lipinski definition) is 3. The van der Waals surface area contributed by atoms with Gasteiger partial charge in [0.05, 0.1) is 0 Å². The molecule has 1 aromatic heterocycles. The van der Waals surface area contributed by atoms with Crippen LogP contribution in [0.1, 0.15) is 30.2 Å². The molecule has 0 bridgehead atoms. The molecule has 0 saturated carbocycles. The molecular weight excluding hydrogens is 294 g/mol. The Hall–Kier alpha value is -1.59. The highest BCUT2D eigenvalue weighted by Crippen LogP contribution is 2.25. The molecule has 2 N–H and O–H groups in total. The van der Waals surface area contributed by atoms with Crippen molar-refractivity contribution in [3.8, 4) is 0 Å². The number of rotatable bonds is 4. The third-order valence-corrected chi connectivity index (χ3v) is 4.29. The molecule has 20 heavy (non-hydrogen) atoms. The fraction of sp³-hybridized carbons (Fsp3) is 0.286. The molecule has 2 amide bonds. The Morgan fingerprint density at radius 2 is 2.15 bits per heavy atom. The monoisotopic (exact) mass is 309 g/mol. The van der Waals surface area contributed by atoms with Crippen molar-refractivity contribution in [3.05, 3.63) is 45.9 Å². The third-order valence-electron chi connectivity index (χ3n) is 2.71. The second-order valence-electron chi connectivity index (χ2n) is 4.62. The first-order valence-electron chi connectivity index (χ1n) is 6.30. The maximum Gasteiger partial charge on any atom is 0.321 e. The number of carbonyl (C=O) groups excluding carboxylic acids is 1. The number of nitrogens with zero attached hydrogens (tertiary/aromatic N) is 1. The predicted molar refractivity (Wildman–Crippen MR) is 83.5 cm³/mol. The summed E-state index contributed by atoms with van der Waals surface area (Å²) in [7, 11) is 0. The smallest absolute Gasteiger partial charge is 0.321 e. The quantitative estimate of drug-likeness (QED) is 0.887. The van der Waals surface area contributed by atoms with Gasteiger partial charge in [-0.15, -0.1) is 11.3 Å². The summed E-state index contributed by atoms with van der Waals surface area (Å²) in [6, 6.07) is 7.13. The Morgan fingerprint density at radius 1 is 1.40 bits per heavy atom. The van der Waals surface area contributed by atoms with Crippen molar-refractivity contribution in [2.24, 2.45) is 0 Å². The van der Waals surface area contributed by atoms with Gasteiger partial charge in [0.15, 0.2) is 5.13 Å². The molecule has 0 spiro atoms. The van der Waals surface area contributed by atoms with Crippen LogP contribution in [0, 0.1) is 0 Å². The highest BCUT2D eigenvalue weighted by molar-refractivity contribution is 7.15. The number of nitrogens with one attached hydrogen (secondary N) is 2. The first-order valence-corrected chi connectivity index (χ1v) is 7.49. The predicted octanol–water partition coefficient (Wildman–Crippen LogP) is 4.24. The number of amides is 2. The molecule has 0 fully saturated rings. The number of carbonyl (C=O) groups is 1. The van der Waals surface area contributed by atoms with Gasteiger partial charge in [0, 0.05) is 22.6 Å². The Kier molecular flexibility index (Phi) is 4.98. The molecule has 0 aliphatic carbocycles. The van der Waals surface area contributed by atoms with E-state index in [-0.39, 0.29) is 6.03 Å². The van der Waals surface area contributed by atoms with E-state index < -0.39 is 0 Å². The molecule has 0 atom stereocenters. The van der Waals surface area contributed by atoms with Crippen LogP contribution >= 0.6 is 22.9 Å². The summed E-state index contributed by atoms with van der Waals surface area (Å²) in [5.41, 5.74) is 0.881. The van der Waals surface area contributed by atoms with Gasteiger partial charge in [-0.1, -0.05) is 43.6 Å². The van der Waals surface area contributed by atoms with Crippen molar-refractivity contribution in [2.75, 3.05) is 5.32 Å². The average Bonchev–Trinajstić information content (AvgIpc) is 2.86. The number of thiazole rings is 1. The first-order chi connectivity index (χ1) is 9.56. The van der Waals surface area contributed by atoms with E-state index in [1.54, 1.807) is 12.3 Å². The van der Waals surface area contributed by atoms with Crippen LogP contribution < -0.4 is 10.6 Å². The second-order valence-corrected chi connectivity index (χ2v) is 6.09. The van der Waals surface area contributed by atoms with Crippen molar-refractivity contribution in [2.45, 2.75) is 26.3 Å². The van der Waals surface area contributed by atoms with Crippen molar-refractivity contribution < 1.29 is 4.79 Å². The van der Waals surface area contributed by atoms with Gasteiger partial charge in [-0.25, -0.2) is 9.78 Å². The molecule has 0 aliphatic rings. The second kappa shape index (κ2) is 6.72. The van der Waals surface area contributed by atoms with E-state index >= 15 is 0 Å². The van der Waals surface area contributed by atoms with Crippen molar-refractivity contribution >= 4 is 34.1 Å². The van der Waals surface area contributed by atoms with Crippen LogP contribution in [0.15, 0.2) is 30.5 Å². The van der Waals surface area contributed by atoms with E-state index in [0.29, 0.717) is 22.6 Å².